The van der Waals surface area contributed by atoms with Crippen molar-refractivity contribution in [2.45, 2.75) is 52.9 Å². The summed E-state index contributed by atoms with van der Waals surface area (Å²) in [6.07, 6.45) is 0.797. The minimum atomic E-state index is -3.68. The van der Waals surface area contributed by atoms with Crippen LogP contribution in [0, 0.1) is 25.7 Å². The van der Waals surface area contributed by atoms with E-state index in [1.54, 1.807) is 33.5 Å². The lowest BCUT2D eigenvalue weighted by molar-refractivity contribution is 0.0376. The van der Waals surface area contributed by atoms with Crippen LogP contribution in [0.5, 0.6) is 0 Å². The van der Waals surface area contributed by atoms with Gasteiger partial charge in [0.1, 0.15) is 0 Å². The van der Waals surface area contributed by atoms with Gasteiger partial charge in [-0.05, 0) is 73.6 Å². The van der Waals surface area contributed by atoms with Crippen molar-refractivity contribution in [2.75, 3.05) is 57.4 Å². The lowest BCUT2D eigenvalue weighted by atomic mass is 10.1. The molecule has 41 heavy (non-hydrogen) atoms. The number of rotatable bonds is 12. The van der Waals surface area contributed by atoms with E-state index in [2.05, 4.69) is 30.9 Å². The molecule has 0 unspecified atom stereocenters. The van der Waals surface area contributed by atoms with Crippen LogP contribution in [0.3, 0.4) is 0 Å². The third-order valence-electron chi connectivity index (χ3n) is 7.39. The van der Waals surface area contributed by atoms with E-state index in [4.69, 9.17) is 9.72 Å². The number of anilines is 1. The van der Waals surface area contributed by atoms with Crippen LogP contribution in [-0.4, -0.2) is 81.0 Å². The number of carbonyl (C=O) groups excluding carboxylic acids is 1. The van der Waals surface area contributed by atoms with E-state index in [1.807, 2.05) is 27.7 Å². The highest BCUT2D eigenvalue weighted by Gasteiger charge is 2.27. The van der Waals surface area contributed by atoms with Gasteiger partial charge in [0.2, 0.25) is 10.0 Å². The summed E-state index contributed by atoms with van der Waals surface area (Å²) in [7, 11) is -3.68. The zero-order chi connectivity index (χ0) is 29.7. The molecule has 1 fully saturated rings. The van der Waals surface area contributed by atoms with E-state index in [0.29, 0.717) is 30.3 Å². The smallest absolute Gasteiger partial charge is 0.260 e. The molecule has 4 rings (SSSR count). The van der Waals surface area contributed by atoms with Gasteiger partial charge in [0, 0.05) is 44.8 Å². The van der Waals surface area contributed by atoms with Gasteiger partial charge in [0.25, 0.3) is 5.91 Å². The standard InChI is InChI=1S/C31H44N4O4S2/c1-22(2)20-34(21-23(3)4)41(37,38)27-11-9-26(10-12-27)30(36)35(15-7-14-33-16-18-39-19-17-33)31-32-29-25(6)24(5)8-13-28(29)40-31/h8-13,22-23H,7,14-21H2,1-6H3. The maximum Gasteiger partial charge on any atom is 0.260 e. The Labute approximate surface area is 249 Å². The molecule has 10 heteroatoms. The second-order valence-corrected chi connectivity index (χ2v) is 14.7. The summed E-state index contributed by atoms with van der Waals surface area (Å²) in [5.41, 5.74) is 3.66. The van der Waals surface area contributed by atoms with Crippen molar-refractivity contribution < 1.29 is 17.9 Å². The first kappa shape index (κ1) is 31.6. The van der Waals surface area contributed by atoms with Crippen LogP contribution in [0.15, 0.2) is 41.3 Å². The summed E-state index contributed by atoms with van der Waals surface area (Å²) in [5, 5.41) is 0.664. The van der Waals surface area contributed by atoms with Gasteiger partial charge in [-0.2, -0.15) is 4.31 Å². The highest BCUT2D eigenvalue weighted by molar-refractivity contribution is 7.89. The number of morpholine rings is 1. The van der Waals surface area contributed by atoms with Crippen molar-refractivity contribution in [1.29, 1.82) is 0 Å². The Kier molecular flexibility index (Phi) is 10.6. The van der Waals surface area contributed by atoms with Gasteiger partial charge in [-0.1, -0.05) is 45.1 Å². The number of fused-ring (bicyclic) bond motifs is 1. The highest BCUT2D eigenvalue weighted by atomic mass is 32.2. The molecular formula is C31H44N4O4S2. The Morgan fingerprint density at radius 2 is 1.63 bits per heavy atom. The molecular weight excluding hydrogens is 556 g/mol. The number of amides is 1. The van der Waals surface area contributed by atoms with Crippen LogP contribution in [0.25, 0.3) is 10.2 Å². The number of benzene rings is 2. The van der Waals surface area contributed by atoms with Crippen LogP contribution in [0.4, 0.5) is 5.13 Å². The summed E-state index contributed by atoms with van der Waals surface area (Å²) < 4.78 is 35.1. The quantitative estimate of drug-likeness (QED) is 0.270. The van der Waals surface area contributed by atoms with Gasteiger partial charge in [0.15, 0.2) is 5.13 Å². The van der Waals surface area contributed by atoms with Gasteiger partial charge >= 0.3 is 0 Å². The van der Waals surface area contributed by atoms with E-state index in [0.717, 1.165) is 55.0 Å². The van der Waals surface area contributed by atoms with E-state index < -0.39 is 10.0 Å². The topological polar surface area (TPSA) is 83.0 Å². The molecule has 0 bridgehead atoms. The monoisotopic (exact) mass is 600 g/mol. The first-order chi connectivity index (χ1) is 19.5. The largest absolute Gasteiger partial charge is 0.379 e. The second-order valence-electron chi connectivity index (χ2n) is 11.7. The maximum atomic E-state index is 13.9. The average molecular weight is 601 g/mol. The maximum absolute atomic E-state index is 13.9. The second kappa shape index (κ2) is 13.7. The predicted octanol–water partition coefficient (Wildman–Crippen LogP) is 5.58. The normalized spacial score (nSPS) is 15.0. The summed E-state index contributed by atoms with van der Waals surface area (Å²) in [5.74, 6) is 0.235. The Bertz CT molecular complexity index is 1420. The predicted molar refractivity (Wildman–Crippen MR) is 168 cm³/mol. The van der Waals surface area contributed by atoms with E-state index in [9.17, 15) is 13.2 Å². The van der Waals surface area contributed by atoms with Crippen LogP contribution in [-0.2, 0) is 14.8 Å². The number of hydrogen-bond acceptors (Lipinski definition) is 7. The van der Waals surface area contributed by atoms with Crippen LogP contribution in [0.1, 0.15) is 55.6 Å². The Morgan fingerprint density at radius 3 is 2.24 bits per heavy atom. The number of aryl methyl sites for hydroxylation is 2. The van der Waals surface area contributed by atoms with Gasteiger partial charge in [-0.3, -0.25) is 14.6 Å². The summed E-state index contributed by atoms with van der Waals surface area (Å²) in [6.45, 7) is 17.8. The fraction of sp³-hybridized carbons (Fsp3) is 0.548. The lowest BCUT2D eigenvalue weighted by Crippen LogP contribution is -2.39. The molecule has 0 atom stereocenters. The summed E-state index contributed by atoms with van der Waals surface area (Å²) in [6, 6.07) is 10.5. The number of thiazole rings is 1. The molecule has 0 saturated carbocycles. The minimum absolute atomic E-state index is 0.175. The molecule has 2 heterocycles. The molecule has 1 saturated heterocycles. The molecule has 224 valence electrons. The van der Waals surface area contributed by atoms with E-state index >= 15 is 0 Å². The Morgan fingerprint density at radius 1 is 1.00 bits per heavy atom. The fourth-order valence-electron chi connectivity index (χ4n) is 5.05. The van der Waals surface area contributed by atoms with Crippen molar-refractivity contribution in [3.05, 3.63) is 53.1 Å². The van der Waals surface area contributed by atoms with Gasteiger partial charge in [0.05, 0.1) is 28.3 Å². The first-order valence-corrected chi connectivity index (χ1v) is 16.8. The molecule has 0 spiro atoms. The molecule has 1 aliphatic heterocycles. The van der Waals surface area contributed by atoms with Gasteiger partial charge < -0.3 is 4.74 Å². The number of ether oxygens (including phenoxy) is 1. The molecule has 0 aliphatic carbocycles. The van der Waals surface area contributed by atoms with Crippen molar-refractivity contribution >= 4 is 42.6 Å². The molecule has 0 N–H and O–H groups in total. The SMILES string of the molecule is Cc1ccc2sc(N(CCCN3CCOCC3)C(=O)c3ccc(S(=O)(=O)N(CC(C)C)CC(C)C)cc3)nc2c1C. The zero-order valence-corrected chi connectivity index (χ0v) is 26.9. The lowest BCUT2D eigenvalue weighted by Gasteiger charge is -2.28. The van der Waals surface area contributed by atoms with Gasteiger partial charge in [-0.25, -0.2) is 13.4 Å². The van der Waals surface area contributed by atoms with Crippen molar-refractivity contribution in [2.24, 2.45) is 11.8 Å². The molecule has 1 aromatic heterocycles. The third-order valence-corrected chi connectivity index (χ3v) is 10.3. The number of hydrogen-bond donors (Lipinski definition) is 0. The van der Waals surface area contributed by atoms with E-state index in [1.165, 1.54) is 16.9 Å². The molecule has 8 nitrogen and oxygen atoms in total. The molecule has 2 aromatic carbocycles. The number of sulfonamides is 1. The van der Waals surface area contributed by atoms with Crippen LogP contribution < -0.4 is 4.90 Å². The van der Waals surface area contributed by atoms with Crippen LogP contribution in [0.2, 0.25) is 0 Å². The fourth-order valence-corrected chi connectivity index (χ4v) is 7.87. The zero-order valence-electron chi connectivity index (χ0n) is 25.2. The number of aromatic nitrogens is 1. The van der Waals surface area contributed by atoms with Crippen molar-refractivity contribution in [1.82, 2.24) is 14.2 Å². The number of carbonyl (C=O) groups is 1. The highest BCUT2D eigenvalue weighted by Crippen LogP contribution is 2.33. The van der Waals surface area contributed by atoms with Crippen molar-refractivity contribution in [3.63, 3.8) is 0 Å². The third kappa shape index (κ3) is 7.73. The Balaban J connectivity index is 1.60. The molecule has 3 aromatic rings. The summed E-state index contributed by atoms with van der Waals surface area (Å²) >= 11 is 1.52. The number of nitrogens with zero attached hydrogens (tertiary/aromatic N) is 4. The van der Waals surface area contributed by atoms with Crippen LogP contribution >= 0.6 is 11.3 Å². The summed E-state index contributed by atoms with van der Waals surface area (Å²) in [4.78, 5) is 23.2. The van der Waals surface area contributed by atoms with Crippen molar-refractivity contribution in [3.8, 4) is 0 Å². The Hall–Kier alpha value is -2.37. The molecule has 1 aliphatic rings. The molecule has 0 radical (unpaired) electrons. The molecule has 1 amide bonds. The minimum Gasteiger partial charge on any atom is -0.379 e. The van der Waals surface area contributed by atoms with E-state index in [-0.39, 0.29) is 22.6 Å². The average Bonchev–Trinajstić information content (AvgIpc) is 3.37. The van der Waals surface area contributed by atoms with Gasteiger partial charge in [-0.15, -0.1) is 0 Å². The first-order valence-electron chi connectivity index (χ1n) is 14.6.